The Morgan fingerprint density at radius 1 is 1.00 bits per heavy atom. The van der Waals surface area contributed by atoms with Crippen LogP contribution in [0.1, 0.15) is 37.0 Å². The monoisotopic (exact) mass is 356 g/mol. The minimum Gasteiger partial charge on any atom is -0.491 e. The molecule has 0 fully saturated rings. The molecule has 0 aromatic heterocycles. The minimum absolute atomic E-state index is 0.0894. The molecule has 25 heavy (non-hydrogen) atoms. The molecule has 0 N–H and O–H groups in total. The van der Waals surface area contributed by atoms with E-state index in [4.69, 9.17) is 4.74 Å². The Labute approximate surface area is 144 Å². The smallest absolute Gasteiger partial charge is 0.429 e. The van der Waals surface area contributed by atoms with Crippen molar-refractivity contribution in [2.75, 3.05) is 6.61 Å². The number of benzene rings is 2. The van der Waals surface area contributed by atoms with Gasteiger partial charge in [0.1, 0.15) is 11.3 Å². The van der Waals surface area contributed by atoms with Crippen LogP contribution in [0.5, 0.6) is 11.5 Å². The molecule has 0 amide bonds. The lowest BCUT2D eigenvalue weighted by atomic mass is 10.1. The zero-order valence-electron chi connectivity index (χ0n) is 14.3. The van der Waals surface area contributed by atoms with Gasteiger partial charge in [0.25, 0.3) is 0 Å². The summed E-state index contributed by atoms with van der Waals surface area (Å²) in [6, 6.07) is 7.14. The first-order valence-corrected chi connectivity index (χ1v) is 8.07. The molecule has 0 atom stereocenters. The van der Waals surface area contributed by atoms with Gasteiger partial charge >= 0.3 is 6.11 Å². The highest BCUT2D eigenvalue weighted by atomic mass is 19.3. The third-order valence-corrected chi connectivity index (χ3v) is 3.67. The van der Waals surface area contributed by atoms with E-state index in [-0.39, 0.29) is 17.9 Å². The summed E-state index contributed by atoms with van der Waals surface area (Å²) in [7, 11) is 0. The third kappa shape index (κ3) is 4.24. The average Bonchev–Trinajstić information content (AvgIpc) is 2.54. The standard InChI is InChI=1S/C19H20F4O2/c1-4-6-13-7-9-14(10-8-13)25-19(22,23)16-12(3)11-15(24-5-2)17(20)18(16)21/h7-11H,4-6H2,1-3H3. The van der Waals surface area contributed by atoms with E-state index in [1.54, 1.807) is 19.1 Å². The Hall–Kier alpha value is -2.24. The van der Waals surface area contributed by atoms with Crippen LogP contribution in [0.4, 0.5) is 17.6 Å². The van der Waals surface area contributed by atoms with Crippen LogP contribution in [0, 0.1) is 18.6 Å². The van der Waals surface area contributed by atoms with Gasteiger partial charge in [0.15, 0.2) is 11.6 Å². The second-order valence-corrected chi connectivity index (χ2v) is 5.64. The van der Waals surface area contributed by atoms with E-state index in [1.807, 2.05) is 6.92 Å². The van der Waals surface area contributed by atoms with E-state index in [0.717, 1.165) is 24.5 Å². The predicted octanol–water partition coefficient (Wildman–Crippen LogP) is 5.75. The van der Waals surface area contributed by atoms with E-state index < -0.39 is 29.1 Å². The molecule has 0 radical (unpaired) electrons. The first-order valence-electron chi connectivity index (χ1n) is 8.07. The Balaban J connectivity index is 2.34. The summed E-state index contributed by atoms with van der Waals surface area (Å²) in [5.74, 6) is -3.65. The molecule has 6 heteroatoms. The van der Waals surface area contributed by atoms with Gasteiger partial charge in [-0.05, 0) is 49.6 Å². The number of hydrogen-bond acceptors (Lipinski definition) is 2. The van der Waals surface area contributed by atoms with Crippen molar-refractivity contribution in [3.05, 3.63) is 58.7 Å². The summed E-state index contributed by atoms with van der Waals surface area (Å²) >= 11 is 0. The van der Waals surface area contributed by atoms with Crippen LogP contribution < -0.4 is 9.47 Å². The fourth-order valence-corrected chi connectivity index (χ4v) is 2.55. The molecular formula is C19H20F4O2. The van der Waals surface area contributed by atoms with Gasteiger partial charge in [-0.1, -0.05) is 25.5 Å². The molecule has 2 aromatic carbocycles. The molecule has 0 spiro atoms. The molecule has 0 bridgehead atoms. The van der Waals surface area contributed by atoms with E-state index >= 15 is 0 Å². The zero-order chi connectivity index (χ0) is 18.6. The van der Waals surface area contributed by atoms with Gasteiger partial charge in [0.2, 0.25) is 5.82 Å². The second-order valence-electron chi connectivity index (χ2n) is 5.64. The molecule has 0 aliphatic heterocycles. The Kier molecular flexibility index (Phi) is 5.93. The van der Waals surface area contributed by atoms with Crippen LogP contribution in [0.25, 0.3) is 0 Å². The number of halogens is 4. The lowest BCUT2D eigenvalue weighted by molar-refractivity contribution is -0.188. The molecular weight excluding hydrogens is 336 g/mol. The van der Waals surface area contributed by atoms with Crippen molar-refractivity contribution in [3.8, 4) is 11.5 Å². The topological polar surface area (TPSA) is 18.5 Å². The van der Waals surface area contributed by atoms with Crippen molar-refractivity contribution in [2.24, 2.45) is 0 Å². The molecule has 0 heterocycles. The van der Waals surface area contributed by atoms with Crippen LogP contribution in [0.3, 0.4) is 0 Å². The van der Waals surface area contributed by atoms with Crippen LogP contribution in [-0.4, -0.2) is 6.61 Å². The number of rotatable bonds is 7. The van der Waals surface area contributed by atoms with Crippen LogP contribution in [0.2, 0.25) is 0 Å². The minimum atomic E-state index is -4.02. The second kappa shape index (κ2) is 7.76. The fraction of sp³-hybridized carbons (Fsp3) is 0.368. The van der Waals surface area contributed by atoms with E-state index in [1.165, 1.54) is 19.1 Å². The first kappa shape index (κ1) is 19.1. The Bertz CT molecular complexity index is 727. The van der Waals surface area contributed by atoms with E-state index in [0.29, 0.717) is 0 Å². The van der Waals surface area contributed by atoms with Gasteiger partial charge in [0.05, 0.1) is 6.61 Å². The molecule has 0 saturated heterocycles. The van der Waals surface area contributed by atoms with Crippen molar-refractivity contribution in [1.29, 1.82) is 0 Å². The molecule has 0 saturated carbocycles. The Morgan fingerprint density at radius 3 is 2.20 bits per heavy atom. The lowest BCUT2D eigenvalue weighted by Gasteiger charge is -2.21. The summed E-state index contributed by atoms with van der Waals surface area (Å²) in [4.78, 5) is 0. The maximum atomic E-state index is 14.4. The van der Waals surface area contributed by atoms with Gasteiger partial charge in [-0.2, -0.15) is 13.2 Å². The zero-order valence-corrected chi connectivity index (χ0v) is 14.3. The molecule has 136 valence electrons. The van der Waals surface area contributed by atoms with E-state index in [2.05, 4.69) is 4.74 Å². The van der Waals surface area contributed by atoms with Gasteiger partial charge < -0.3 is 9.47 Å². The summed E-state index contributed by atoms with van der Waals surface area (Å²) in [6.45, 7) is 4.93. The van der Waals surface area contributed by atoms with Crippen molar-refractivity contribution in [1.82, 2.24) is 0 Å². The molecule has 2 aromatic rings. The highest BCUT2D eigenvalue weighted by Crippen LogP contribution is 2.38. The van der Waals surface area contributed by atoms with Crippen molar-refractivity contribution < 1.29 is 27.0 Å². The third-order valence-electron chi connectivity index (χ3n) is 3.67. The molecule has 0 aliphatic rings. The van der Waals surface area contributed by atoms with Gasteiger partial charge in [-0.3, -0.25) is 0 Å². The normalized spacial score (nSPS) is 11.5. The van der Waals surface area contributed by atoms with Crippen molar-refractivity contribution in [2.45, 2.75) is 39.7 Å². The molecule has 0 aliphatic carbocycles. The number of aryl methyl sites for hydroxylation is 2. The summed E-state index contributed by atoms with van der Waals surface area (Å²) in [5, 5.41) is 0. The lowest BCUT2D eigenvalue weighted by Crippen LogP contribution is -2.25. The van der Waals surface area contributed by atoms with E-state index in [9.17, 15) is 17.6 Å². The largest absolute Gasteiger partial charge is 0.491 e. The van der Waals surface area contributed by atoms with Gasteiger partial charge in [-0.25, -0.2) is 4.39 Å². The fourth-order valence-electron chi connectivity index (χ4n) is 2.55. The van der Waals surface area contributed by atoms with Crippen molar-refractivity contribution >= 4 is 0 Å². The maximum absolute atomic E-state index is 14.4. The van der Waals surface area contributed by atoms with Crippen LogP contribution >= 0.6 is 0 Å². The molecule has 2 rings (SSSR count). The quantitative estimate of drug-likeness (QED) is 0.588. The first-order chi connectivity index (χ1) is 11.8. The maximum Gasteiger partial charge on any atom is 0.429 e. The summed E-state index contributed by atoms with van der Waals surface area (Å²) < 4.78 is 66.6. The highest BCUT2D eigenvalue weighted by Gasteiger charge is 2.41. The van der Waals surface area contributed by atoms with Crippen LogP contribution in [0.15, 0.2) is 30.3 Å². The number of alkyl halides is 2. The summed E-state index contributed by atoms with van der Waals surface area (Å²) in [6.07, 6.45) is -2.28. The number of ether oxygens (including phenoxy) is 2. The number of hydrogen-bond donors (Lipinski definition) is 0. The van der Waals surface area contributed by atoms with Gasteiger partial charge in [-0.15, -0.1) is 0 Å². The SMILES string of the molecule is CCCc1ccc(OC(F)(F)c2c(C)cc(OCC)c(F)c2F)cc1. The van der Waals surface area contributed by atoms with Crippen molar-refractivity contribution in [3.63, 3.8) is 0 Å². The van der Waals surface area contributed by atoms with Crippen LogP contribution in [-0.2, 0) is 12.5 Å². The summed E-state index contributed by atoms with van der Waals surface area (Å²) in [5.41, 5.74) is -0.311. The Morgan fingerprint density at radius 2 is 1.64 bits per heavy atom. The highest BCUT2D eigenvalue weighted by molar-refractivity contribution is 5.40. The average molecular weight is 356 g/mol. The van der Waals surface area contributed by atoms with Gasteiger partial charge in [0, 0.05) is 0 Å². The molecule has 0 unspecified atom stereocenters. The molecule has 2 nitrogen and oxygen atoms in total. The predicted molar refractivity (Wildman–Crippen MR) is 87.2 cm³/mol.